The molecule has 86 valence electrons. The van der Waals surface area contributed by atoms with Gasteiger partial charge >= 0.3 is 0 Å². The van der Waals surface area contributed by atoms with Crippen molar-refractivity contribution >= 4 is 0 Å². The molecule has 0 amide bonds. The monoisotopic (exact) mass is 214 g/mol. The zero-order valence-electron chi connectivity index (χ0n) is 10.3. The summed E-state index contributed by atoms with van der Waals surface area (Å²) < 4.78 is 0. The minimum Gasteiger partial charge on any atom is -0.0847 e. The van der Waals surface area contributed by atoms with Crippen molar-refractivity contribution in [1.82, 2.24) is 0 Å². The normalized spacial score (nSPS) is 17.9. The molecule has 0 bridgehead atoms. The number of hydrogen-bond donors (Lipinski definition) is 0. The predicted octanol–water partition coefficient (Wildman–Crippen LogP) is 5.07. The van der Waals surface area contributed by atoms with Gasteiger partial charge in [-0.15, -0.1) is 0 Å². The molecule has 1 aliphatic rings. The third-order valence-corrected chi connectivity index (χ3v) is 3.55. The number of hydrogen-bond acceptors (Lipinski definition) is 0. The van der Waals surface area contributed by atoms with E-state index in [0.717, 1.165) is 0 Å². The highest BCUT2D eigenvalue weighted by molar-refractivity contribution is 5.29. The molecule has 0 fully saturated rings. The van der Waals surface area contributed by atoms with Crippen molar-refractivity contribution in [2.24, 2.45) is 0 Å². The molecule has 0 aromatic heterocycles. The molecular formula is C16H22. The second kappa shape index (κ2) is 5.89. The van der Waals surface area contributed by atoms with E-state index in [4.69, 9.17) is 0 Å². The van der Waals surface area contributed by atoms with Gasteiger partial charge in [0.15, 0.2) is 0 Å². The van der Waals surface area contributed by atoms with Gasteiger partial charge in [-0.05, 0) is 37.7 Å². The van der Waals surface area contributed by atoms with Crippen LogP contribution in [0.25, 0.3) is 0 Å². The van der Waals surface area contributed by atoms with Crippen molar-refractivity contribution in [2.75, 3.05) is 0 Å². The lowest BCUT2D eigenvalue weighted by Gasteiger charge is -2.23. The van der Waals surface area contributed by atoms with Gasteiger partial charge in [-0.25, -0.2) is 0 Å². The van der Waals surface area contributed by atoms with Gasteiger partial charge in [-0.3, -0.25) is 0 Å². The molecule has 1 aromatic carbocycles. The molecule has 0 aliphatic heterocycles. The Morgan fingerprint density at radius 3 is 2.56 bits per heavy atom. The zero-order valence-corrected chi connectivity index (χ0v) is 10.3. The van der Waals surface area contributed by atoms with E-state index in [2.05, 4.69) is 43.3 Å². The quantitative estimate of drug-likeness (QED) is 0.614. The fourth-order valence-electron chi connectivity index (χ4n) is 2.72. The number of allylic oxidation sites excluding steroid dienone is 2. The Bertz CT molecular complexity index is 334. The van der Waals surface area contributed by atoms with E-state index in [9.17, 15) is 0 Å². The summed E-state index contributed by atoms with van der Waals surface area (Å²) in [6, 6.07) is 11.0. The van der Waals surface area contributed by atoms with Crippen LogP contribution in [-0.2, 0) is 0 Å². The molecule has 1 aliphatic carbocycles. The molecule has 0 radical (unpaired) electrons. The summed E-state index contributed by atoms with van der Waals surface area (Å²) in [5, 5.41) is 0. The van der Waals surface area contributed by atoms with Crippen molar-refractivity contribution < 1.29 is 0 Å². The lowest BCUT2D eigenvalue weighted by Crippen LogP contribution is -2.05. The van der Waals surface area contributed by atoms with Crippen LogP contribution in [0.15, 0.2) is 42.0 Å². The van der Waals surface area contributed by atoms with Gasteiger partial charge in [0.1, 0.15) is 0 Å². The molecule has 0 N–H and O–H groups in total. The van der Waals surface area contributed by atoms with E-state index < -0.39 is 0 Å². The fraction of sp³-hybridized carbons (Fsp3) is 0.500. The van der Waals surface area contributed by atoms with E-state index in [1.54, 1.807) is 5.57 Å². The largest absolute Gasteiger partial charge is 0.0847 e. The van der Waals surface area contributed by atoms with Crippen LogP contribution in [0.2, 0.25) is 0 Å². The third kappa shape index (κ3) is 2.75. The lowest BCUT2D eigenvalue weighted by molar-refractivity contribution is 0.604. The Balaban J connectivity index is 2.19. The summed E-state index contributed by atoms with van der Waals surface area (Å²) in [5.74, 6) is 0.687. The van der Waals surface area contributed by atoms with E-state index in [-0.39, 0.29) is 0 Å². The topological polar surface area (TPSA) is 0 Å². The summed E-state index contributed by atoms with van der Waals surface area (Å²) in [6.07, 6.45) is 10.5. The molecule has 0 spiro atoms. The van der Waals surface area contributed by atoms with Crippen molar-refractivity contribution in [3.8, 4) is 0 Å². The molecule has 0 heteroatoms. The lowest BCUT2D eigenvalue weighted by atomic mass is 9.82. The first-order chi connectivity index (χ1) is 7.92. The van der Waals surface area contributed by atoms with Crippen LogP contribution >= 0.6 is 0 Å². The minimum absolute atomic E-state index is 0.687. The summed E-state index contributed by atoms with van der Waals surface area (Å²) in [6.45, 7) is 2.29. The Morgan fingerprint density at radius 2 is 1.94 bits per heavy atom. The first kappa shape index (κ1) is 11.4. The van der Waals surface area contributed by atoms with Crippen LogP contribution in [0.5, 0.6) is 0 Å². The number of benzene rings is 1. The second-order valence-corrected chi connectivity index (χ2v) is 4.78. The van der Waals surface area contributed by atoms with Crippen molar-refractivity contribution in [3.05, 3.63) is 47.5 Å². The Labute approximate surface area is 99.4 Å². The number of rotatable bonds is 4. The summed E-state index contributed by atoms with van der Waals surface area (Å²) >= 11 is 0. The fourth-order valence-corrected chi connectivity index (χ4v) is 2.72. The molecule has 1 unspecified atom stereocenters. The van der Waals surface area contributed by atoms with E-state index in [1.807, 2.05) is 0 Å². The van der Waals surface area contributed by atoms with Crippen molar-refractivity contribution in [2.45, 2.75) is 51.4 Å². The van der Waals surface area contributed by atoms with E-state index >= 15 is 0 Å². The van der Waals surface area contributed by atoms with Crippen LogP contribution in [0.3, 0.4) is 0 Å². The van der Waals surface area contributed by atoms with Crippen LogP contribution in [0, 0.1) is 0 Å². The maximum atomic E-state index is 2.50. The molecular weight excluding hydrogens is 192 g/mol. The highest BCUT2D eigenvalue weighted by Crippen LogP contribution is 2.34. The van der Waals surface area contributed by atoms with Gasteiger partial charge < -0.3 is 0 Å². The minimum atomic E-state index is 0.687. The summed E-state index contributed by atoms with van der Waals surface area (Å²) in [7, 11) is 0. The molecule has 1 aromatic rings. The van der Waals surface area contributed by atoms with Gasteiger partial charge in [0.2, 0.25) is 0 Å². The van der Waals surface area contributed by atoms with Crippen LogP contribution < -0.4 is 0 Å². The maximum Gasteiger partial charge on any atom is 0.00480 e. The third-order valence-electron chi connectivity index (χ3n) is 3.55. The van der Waals surface area contributed by atoms with Gasteiger partial charge in [0.05, 0.1) is 0 Å². The SMILES string of the molecule is CCCC(C1=CCCCC1)c1ccccc1. The average molecular weight is 214 g/mol. The Kier molecular flexibility index (Phi) is 4.21. The first-order valence-corrected chi connectivity index (χ1v) is 6.65. The molecule has 2 rings (SSSR count). The molecule has 1 atom stereocenters. The average Bonchev–Trinajstić information content (AvgIpc) is 2.38. The molecule has 0 heterocycles. The first-order valence-electron chi connectivity index (χ1n) is 6.65. The van der Waals surface area contributed by atoms with Crippen LogP contribution in [-0.4, -0.2) is 0 Å². The highest BCUT2D eigenvalue weighted by Gasteiger charge is 2.16. The zero-order chi connectivity index (χ0) is 11.2. The smallest absolute Gasteiger partial charge is 0.00480 e. The predicted molar refractivity (Wildman–Crippen MR) is 70.6 cm³/mol. The highest BCUT2D eigenvalue weighted by atomic mass is 14.2. The maximum absolute atomic E-state index is 2.50. The molecule has 0 saturated carbocycles. The van der Waals surface area contributed by atoms with Gasteiger partial charge in [0.25, 0.3) is 0 Å². The van der Waals surface area contributed by atoms with Crippen molar-refractivity contribution in [1.29, 1.82) is 0 Å². The summed E-state index contributed by atoms with van der Waals surface area (Å²) in [4.78, 5) is 0. The Morgan fingerprint density at radius 1 is 1.12 bits per heavy atom. The molecule has 0 saturated heterocycles. The van der Waals surface area contributed by atoms with Crippen LogP contribution in [0.4, 0.5) is 0 Å². The van der Waals surface area contributed by atoms with Gasteiger partial charge in [-0.2, -0.15) is 0 Å². The Hall–Kier alpha value is -1.04. The van der Waals surface area contributed by atoms with E-state index in [1.165, 1.54) is 44.1 Å². The van der Waals surface area contributed by atoms with Gasteiger partial charge in [0, 0.05) is 5.92 Å². The molecule has 16 heavy (non-hydrogen) atoms. The summed E-state index contributed by atoms with van der Waals surface area (Å²) in [5.41, 5.74) is 3.21. The van der Waals surface area contributed by atoms with Gasteiger partial charge in [-0.1, -0.05) is 55.3 Å². The second-order valence-electron chi connectivity index (χ2n) is 4.78. The standard InChI is InChI=1S/C16H22/c1-2-9-16(14-10-5-3-6-11-14)15-12-7-4-8-13-15/h3,5-6,10-12,16H,2,4,7-9,13H2,1H3. The molecule has 0 nitrogen and oxygen atoms in total. The van der Waals surface area contributed by atoms with E-state index in [0.29, 0.717) is 5.92 Å². The van der Waals surface area contributed by atoms with Crippen molar-refractivity contribution in [3.63, 3.8) is 0 Å². The van der Waals surface area contributed by atoms with Crippen LogP contribution in [0.1, 0.15) is 56.9 Å².